The van der Waals surface area contributed by atoms with Crippen molar-refractivity contribution in [3.05, 3.63) is 72.2 Å². The van der Waals surface area contributed by atoms with Gasteiger partial charge in [0.2, 0.25) is 11.8 Å². The first kappa shape index (κ1) is 22.8. The van der Waals surface area contributed by atoms with Gasteiger partial charge in [-0.1, -0.05) is 18.2 Å². The molecule has 1 aromatic heterocycles. The van der Waals surface area contributed by atoms with Crippen molar-refractivity contribution >= 4 is 29.3 Å². The summed E-state index contributed by atoms with van der Waals surface area (Å²) in [4.78, 5) is 28.4. The number of hydrogen-bond acceptors (Lipinski definition) is 6. The van der Waals surface area contributed by atoms with E-state index in [9.17, 15) is 9.59 Å². The second-order valence-electron chi connectivity index (χ2n) is 7.56. The number of benzene rings is 2. The minimum Gasteiger partial charge on any atom is -0.493 e. The molecule has 0 radical (unpaired) electrons. The van der Waals surface area contributed by atoms with Crippen LogP contribution in [0.1, 0.15) is 23.0 Å². The van der Waals surface area contributed by atoms with E-state index in [0.717, 1.165) is 21.9 Å². The number of carbonyl (C=O) groups is 2. The molecule has 33 heavy (non-hydrogen) atoms. The highest BCUT2D eigenvalue weighted by Crippen LogP contribution is 2.45. The number of ether oxygens (including phenoxy) is 2. The third kappa shape index (κ3) is 5.34. The number of nitrogens with zero attached hydrogens (tertiary/aromatic N) is 1. The number of rotatable bonds is 8. The van der Waals surface area contributed by atoms with Crippen LogP contribution in [0.5, 0.6) is 11.5 Å². The summed E-state index contributed by atoms with van der Waals surface area (Å²) in [5, 5.41) is 2.79. The summed E-state index contributed by atoms with van der Waals surface area (Å²) in [6.07, 6.45) is 2.50. The molecule has 8 heteroatoms. The van der Waals surface area contributed by atoms with Crippen molar-refractivity contribution in [2.45, 2.75) is 23.0 Å². The maximum absolute atomic E-state index is 13.1. The molecule has 0 saturated carbocycles. The van der Waals surface area contributed by atoms with E-state index in [-0.39, 0.29) is 30.0 Å². The first-order valence-corrected chi connectivity index (χ1v) is 11.5. The van der Waals surface area contributed by atoms with E-state index in [1.165, 1.54) is 0 Å². The van der Waals surface area contributed by atoms with Gasteiger partial charge in [0.1, 0.15) is 12.3 Å². The fourth-order valence-electron chi connectivity index (χ4n) is 3.77. The van der Waals surface area contributed by atoms with E-state index in [2.05, 4.69) is 5.32 Å². The zero-order valence-corrected chi connectivity index (χ0v) is 19.4. The van der Waals surface area contributed by atoms with Crippen LogP contribution >= 0.6 is 11.8 Å². The summed E-state index contributed by atoms with van der Waals surface area (Å²) in [7, 11) is 3.18. The van der Waals surface area contributed by atoms with Gasteiger partial charge in [0.25, 0.3) is 0 Å². The first-order valence-electron chi connectivity index (χ1n) is 10.7. The topological polar surface area (TPSA) is 81.0 Å². The van der Waals surface area contributed by atoms with Gasteiger partial charge in [-0.25, -0.2) is 0 Å². The minimum absolute atomic E-state index is 0.0345. The van der Waals surface area contributed by atoms with Crippen LogP contribution in [-0.4, -0.2) is 39.1 Å². The van der Waals surface area contributed by atoms with E-state index in [1.54, 1.807) is 37.1 Å². The Labute approximate surface area is 197 Å². The third-order valence-electron chi connectivity index (χ3n) is 5.43. The molecule has 4 rings (SSSR count). The van der Waals surface area contributed by atoms with Crippen molar-refractivity contribution in [1.82, 2.24) is 5.32 Å². The Morgan fingerprint density at radius 3 is 2.70 bits per heavy atom. The van der Waals surface area contributed by atoms with Gasteiger partial charge in [0.05, 0.1) is 31.4 Å². The van der Waals surface area contributed by atoms with Crippen LogP contribution in [0, 0.1) is 0 Å². The van der Waals surface area contributed by atoms with Crippen molar-refractivity contribution in [2.24, 2.45) is 0 Å². The van der Waals surface area contributed by atoms with Gasteiger partial charge >= 0.3 is 0 Å². The van der Waals surface area contributed by atoms with Crippen molar-refractivity contribution in [3.63, 3.8) is 0 Å². The van der Waals surface area contributed by atoms with Gasteiger partial charge in [0, 0.05) is 17.9 Å². The average molecular weight is 467 g/mol. The highest BCUT2D eigenvalue weighted by atomic mass is 32.2. The second kappa shape index (κ2) is 10.5. The molecule has 1 unspecified atom stereocenters. The Hall–Kier alpha value is -3.39. The lowest BCUT2D eigenvalue weighted by molar-refractivity contribution is -0.123. The van der Waals surface area contributed by atoms with Gasteiger partial charge in [-0.2, -0.15) is 0 Å². The van der Waals surface area contributed by atoms with Crippen molar-refractivity contribution in [2.75, 3.05) is 32.2 Å². The molecule has 2 heterocycles. The molecule has 172 valence electrons. The number of methoxy groups -OCH3 is 2. The van der Waals surface area contributed by atoms with Crippen molar-refractivity contribution in [1.29, 1.82) is 0 Å². The van der Waals surface area contributed by atoms with Gasteiger partial charge in [-0.3, -0.25) is 9.59 Å². The summed E-state index contributed by atoms with van der Waals surface area (Å²) in [5.41, 5.74) is 1.76. The van der Waals surface area contributed by atoms with E-state index >= 15 is 0 Å². The lowest BCUT2D eigenvalue weighted by atomic mass is 10.1. The highest BCUT2D eigenvalue weighted by molar-refractivity contribution is 7.99. The Kier molecular flexibility index (Phi) is 7.24. The molecule has 1 aliphatic rings. The smallest absolute Gasteiger partial charge is 0.240 e. The summed E-state index contributed by atoms with van der Waals surface area (Å²) in [6.45, 7) is 0.412. The van der Waals surface area contributed by atoms with Crippen LogP contribution in [0.4, 0.5) is 5.69 Å². The standard InChI is InChI=1S/C25H26N2O5S/c1-30-19-10-9-17(14-21(19)31-2)11-12-26-24(28)16-27-18-6-3-4-8-22(18)33-23(15-25(27)29)20-7-5-13-32-20/h3-10,13-14,23H,11-12,15-16H2,1-2H3,(H,26,28). The molecule has 2 aromatic carbocycles. The van der Waals surface area contributed by atoms with Crippen molar-refractivity contribution < 1.29 is 23.5 Å². The van der Waals surface area contributed by atoms with Crippen LogP contribution in [0.15, 0.2) is 70.2 Å². The first-order chi connectivity index (χ1) is 16.1. The quantitative estimate of drug-likeness (QED) is 0.535. The fourth-order valence-corrected chi connectivity index (χ4v) is 5.01. The van der Waals surface area contributed by atoms with E-state index < -0.39 is 0 Å². The number of thioether (sulfide) groups is 1. The molecule has 0 aliphatic carbocycles. The number of para-hydroxylation sites is 1. The minimum atomic E-state index is -0.208. The second-order valence-corrected chi connectivity index (χ2v) is 8.81. The van der Waals surface area contributed by atoms with Crippen LogP contribution < -0.4 is 19.7 Å². The third-order valence-corrected chi connectivity index (χ3v) is 6.72. The predicted molar refractivity (Wildman–Crippen MR) is 127 cm³/mol. The molecule has 3 aromatic rings. The Balaban J connectivity index is 1.40. The normalized spacial score (nSPS) is 15.5. The molecular formula is C25H26N2O5S. The summed E-state index contributed by atoms with van der Waals surface area (Å²) < 4.78 is 16.1. The molecule has 1 atom stereocenters. The van der Waals surface area contributed by atoms with E-state index in [0.29, 0.717) is 24.5 Å². The van der Waals surface area contributed by atoms with E-state index in [4.69, 9.17) is 13.9 Å². The number of amides is 2. The lowest BCUT2D eigenvalue weighted by Crippen LogP contribution is -2.41. The average Bonchev–Trinajstić information content (AvgIpc) is 3.33. The molecule has 2 amide bonds. The SMILES string of the molecule is COc1ccc(CCNC(=O)CN2C(=O)CC(c3ccco3)Sc3ccccc32)cc1OC. The highest BCUT2D eigenvalue weighted by Gasteiger charge is 2.31. The van der Waals surface area contributed by atoms with Gasteiger partial charge in [-0.15, -0.1) is 11.8 Å². The molecule has 1 aliphatic heterocycles. The van der Waals surface area contributed by atoms with Crippen molar-refractivity contribution in [3.8, 4) is 11.5 Å². The maximum Gasteiger partial charge on any atom is 0.240 e. The summed E-state index contributed by atoms with van der Waals surface area (Å²) in [5.74, 6) is 1.75. The van der Waals surface area contributed by atoms with Crippen LogP contribution in [0.3, 0.4) is 0 Å². The van der Waals surface area contributed by atoms with Gasteiger partial charge < -0.3 is 24.1 Å². The van der Waals surface area contributed by atoms with E-state index in [1.807, 2.05) is 54.6 Å². The molecular weight excluding hydrogens is 440 g/mol. The summed E-state index contributed by atoms with van der Waals surface area (Å²) in [6, 6.07) is 17.0. The summed E-state index contributed by atoms with van der Waals surface area (Å²) >= 11 is 1.58. The van der Waals surface area contributed by atoms with Crippen LogP contribution in [0.2, 0.25) is 0 Å². The maximum atomic E-state index is 13.1. The Morgan fingerprint density at radius 1 is 1.12 bits per heavy atom. The molecule has 0 fully saturated rings. The zero-order chi connectivity index (χ0) is 23.2. The molecule has 7 nitrogen and oxygen atoms in total. The number of hydrogen-bond donors (Lipinski definition) is 1. The molecule has 0 bridgehead atoms. The largest absolute Gasteiger partial charge is 0.493 e. The number of furan rings is 1. The van der Waals surface area contributed by atoms with Crippen LogP contribution in [0.25, 0.3) is 0 Å². The number of nitrogens with one attached hydrogen (secondary N) is 1. The fraction of sp³-hybridized carbons (Fsp3) is 0.280. The zero-order valence-electron chi connectivity index (χ0n) is 18.6. The molecule has 1 N–H and O–H groups in total. The number of carbonyl (C=O) groups excluding carboxylic acids is 2. The van der Waals surface area contributed by atoms with Gasteiger partial charge in [-0.05, 0) is 48.4 Å². The predicted octanol–water partition coefficient (Wildman–Crippen LogP) is 4.23. The molecule has 0 saturated heterocycles. The Morgan fingerprint density at radius 2 is 1.94 bits per heavy atom. The molecule has 0 spiro atoms. The monoisotopic (exact) mass is 466 g/mol. The van der Waals surface area contributed by atoms with Crippen LogP contribution in [-0.2, 0) is 16.0 Å². The number of fused-ring (bicyclic) bond motifs is 1. The Bertz CT molecular complexity index is 1120. The number of anilines is 1. The van der Waals surface area contributed by atoms with Gasteiger partial charge in [0.15, 0.2) is 11.5 Å². The lowest BCUT2D eigenvalue weighted by Gasteiger charge is -2.22.